The molecule has 7 nitrogen and oxygen atoms in total. The maximum atomic E-state index is 12.2. The summed E-state index contributed by atoms with van der Waals surface area (Å²) >= 11 is 3.34. The average Bonchev–Trinajstić information content (AvgIpc) is 2.69. The largest absolute Gasteiger partial charge is 0.393 e. The minimum Gasteiger partial charge on any atom is -0.393 e. The number of aryl methyl sites for hydroxylation is 1. The number of carbonyl (C=O) groups excluding carboxylic acids is 1. The van der Waals surface area contributed by atoms with Crippen LogP contribution in [0.4, 0.5) is 23.0 Å². The predicted octanol–water partition coefficient (Wildman–Crippen LogP) is 3.88. The molecule has 5 N–H and O–H groups in total. The van der Waals surface area contributed by atoms with Crippen LogP contribution in [-0.4, -0.2) is 15.9 Å². The standard InChI is InChI=1S/C19H19BrN6O/c1-2-12-5-3-4-6-15(12)24-17-16(21)18(23-11-22-17)25-26-19(27)13-7-9-14(20)10-8-13/h3-11H,2,21H2,1H3,(H,26,27)(H2,22,23,24,25). The number of carbonyl (C=O) groups is 1. The van der Waals surface area contributed by atoms with Crippen LogP contribution in [0.5, 0.6) is 0 Å². The molecule has 1 amide bonds. The van der Waals surface area contributed by atoms with Gasteiger partial charge >= 0.3 is 0 Å². The van der Waals surface area contributed by atoms with Crippen molar-refractivity contribution in [1.82, 2.24) is 15.4 Å². The Balaban J connectivity index is 1.73. The van der Waals surface area contributed by atoms with Gasteiger partial charge in [0.25, 0.3) is 5.91 Å². The fraction of sp³-hybridized carbons (Fsp3) is 0.105. The van der Waals surface area contributed by atoms with Crippen molar-refractivity contribution in [2.45, 2.75) is 13.3 Å². The van der Waals surface area contributed by atoms with Crippen LogP contribution in [0, 0.1) is 0 Å². The monoisotopic (exact) mass is 426 g/mol. The van der Waals surface area contributed by atoms with E-state index in [4.69, 9.17) is 5.73 Å². The number of halogens is 1. The van der Waals surface area contributed by atoms with Gasteiger partial charge in [0, 0.05) is 15.7 Å². The molecule has 0 saturated heterocycles. The summed E-state index contributed by atoms with van der Waals surface area (Å²) in [6.45, 7) is 2.08. The van der Waals surface area contributed by atoms with Crippen LogP contribution in [0.1, 0.15) is 22.8 Å². The van der Waals surface area contributed by atoms with Crippen molar-refractivity contribution >= 4 is 44.8 Å². The number of hydrogen-bond acceptors (Lipinski definition) is 6. The number of anilines is 4. The van der Waals surface area contributed by atoms with Gasteiger partial charge in [0.2, 0.25) is 0 Å². The molecule has 3 aromatic rings. The van der Waals surface area contributed by atoms with Gasteiger partial charge in [-0.2, -0.15) is 0 Å². The number of hydrogen-bond donors (Lipinski definition) is 4. The minimum atomic E-state index is -0.300. The highest BCUT2D eigenvalue weighted by atomic mass is 79.9. The SMILES string of the molecule is CCc1ccccc1Nc1ncnc(NNC(=O)c2ccc(Br)cc2)c1N. The Morgan fingerprint density at radius 2 is 1.78 bits per heavy atom. The molecule has 8 heteroatoms. The first kappa shape index (κ1) is 18.7. The molecule has 0 radical (unpaired) electrons. The average molecular weight is 427 g/mol. The molecular formula is C19H19BrN6O. The van der Waals surface area contributed by atoms with Gasteiger partial charge in [0.05, 0.1) is 0 Å². The third kappa shape index (κ3) is 4.53. The van der Waals surface area contributed by atoms with Crippen LogP contribution < -0.4 is 21.9 Å². The Labute approximate surface area is 165 Å². The molecule has 0 saturated carbocycles. The van der Waals surface area contributed by atoms with Crippen LogP contribution >= 0.6 is 15.9 Å². The third-order valence-corrected chi connectivity index (χ3v) is 4.46. The summed E-state index contributed by atoms with van der Waals surface area (Å²) in [6, 6.07) is 14.9. The number of nitrogens with two attached hydrogens (primary N) is 1. The number of nitrogens with one attached hydrogen (secondary N) is 3. The molecule has 0 aliphatic carbocycles. The molecule has 138 valence electrons. The second-order valence-corrected chi connectivity index (χ2v) is 6.62. The highest BCUT2D eigenvalue weighted by molar-refractivity contribution is 9.10. The minimum absolute atomic E-state index is 0.300. The van der Waals surface area contributed by atoms with Crippen molar-refractivity contribution in [3.8, 4) is 0 Å². The second-order valence-electron chi connectivity index (χ2n) is 5.71. The maximum Gasteiger partial charge on any atom is 0.269 e. The summed E-state index contributed by atoms with van der Waals surface area (Å²) < 4.78 is 0.898. The molecule has 0 atom stereocenters. The summed E-state index contributed by atoms with van der Waals surface area (Å²) in [5.74, 6) is 0.476. The number of rotatable bonds is 6. The van der Waals surface area contributed by atoms with E-state index >= 15 is 0 Å². The van der Waals surface area contributed by atoms with Crippen LogP contribution in [0.15, 0.2) is 59.3 Å². The van der Waals surface area contributed by atoms with Crippen LogP contribution in [-0.2, 0) is 6.42 Å². The van der Waals surface area contributed by atoms with Gasteiger partial charge in [-0.05, 0) is 42.3 Å². The molecule has 1 heterocycles. The summed E-state index contributed by atoms with van der Waals surface area (Å²) in [7, 11) is 0. The van der Waals surface area contributed by atoms with Crippen molar-refractivity contribution < 1.29 is 4.79 Å². The molecule has 0 fully saturated rings. The van der Waals surface area contributed by atoms with E-state index in [9.17, 15) is 4.79 Å². The molecule has 27 heavy (non-hydrogen) atoms. The summed E-state index contributed by atoms with van der Waals surface area (Å²) in [4.78, 5) is 20.5. The first-order valence-electron chi connectivity index (χ1n) is 8.35. The quantitative estimate of drug-likeness (QED) is 0.445. The van der Waals surface area contributed by atoms with Gasteiger partial charge in [0.1, 0.15) is 12.0 Å². The Hall–Kier alpha value is -3.13. The number of aromatic nitrogens is 2. The molecule has 2 aromatic carbocycles. The fourth-order valence-corrected chi connectivity index (χ4v) is 2.73. The normalized spacial score (nSPS) is 10.3. The number of nitrogen functional groups attached to an aromatic ring is 1. The molecule has 1 aromatic heterocycles. The van der Waals surface area contributed by atoms with Crippen LogP contribution in [0.3, 0.4) is 0 Å². The zero-order valence-electron chi connectivity index (χ0n) is 14.7. The van der Waals surface area contributed by atoms with Crippen LogP contribution in [0.25, 0.3) is 0 Å². The van der Waals surface area contributed by atoms with Crippen molar-refractivity contribution in [2.24, 2.45) is 0 Å². The highest BCUT2D eigenvalue weighted by Gasteiger charge is 2.11. The lowest BCUT2D eigenvalue weighted by molar-refractivity contribution is 0.0962. The molecule has 0 aliphatic heterocycles. The van der Waals surface area contributed by atoms with Crippen molar-refractivity contribution in [2.75, 3.05) is 16.5 Å². The molecule has 0 unspecified atom stereocenters. The topological polar surface area (TPSA) is 105 Å². The Kier molecular flexibility index (Phi) is 5.87. The smallest absolute Gasteiger partial charge is 0.269 e. The van der Waals surface area contributed by atoms with Gasteiger partial charge in [-0.3, -0.25) is 15.6 Å². The molecule has 0 spiro atoms. The maximum absolute atomic E-state index is 12.2. The molecule has 0 aliphatic rings. The number of amides is 1. The fourth-order valence-electron chi connectivity index (χ4n) is 2.46. The summed E-state index contributed by atoms with van der Waals surface area (Å²) in [5, 5.41) is 3.22. The molecule has 3 rings (SSSR count). The van der Waals surface area contributed by atoms with E-state index in [1.807, 2.05) is 24.3 Å². The summed E-state index contributed by atoms with van der Waals surface area (Å²) in [5.41, 5.74) is 14.4. The lowest BCUT2D eigenvalue weighted by atomic mass is 10.1. The number of nitrogens with zero attached hydrogens (tertiary/aromatic N) is 2. The first-order chi connectivity index (χ1) is 13.1. The van der Waals surface area contributed by atoms with E-state index in [1.165, 1.54) is 6.33 Å². The van der Waals surface area contributed by atoms with E-state index in [0.717, 1.165) is 22.1 Å². The van der Waals surface area contributed by atoms with Crippen LogP contribution in [0.2, 0.25) is 0 Å². The van der Waals surface area contributed by atoms with E-state index in [1.54, 1.807) is 24.3 Å². The highest BCUT2D eigenvalue weighted by Crippen LogP contribution is 2.27. The Morgan fingerprint density at radius 3 is 2.52 bits per heavy atom. The van der Waals surface area contributed by atoms with E-state index in [-0.39, 0.29) is 5.91 Å². The number of hydrazine groups is 1. The second kappa shape index (κ2) is 8.50. The Morgan fingerprint density at radius 1 is 1.07 bits per heavy atom. The Bertz CT molecular complexity index is 945. The number of benzene rings is 2. The predicted molar refractivity (Wildman–Crippen MR) is 111 cm³/mol. The van der Waals surface area contributed by atoms with Gasteiger partial charge in [-0.1, -0.05) is 41.1 Å². The van der Waals surface area contributed by atoms with Gasteiger partial charge in [0.15, 0.2) is 11.6 Å². The van der Waals surface area contributed by atoms with Crippen molar-refractivity contribution in [3.63, 3.8) is 0 Å². The third-order valence-electron chi connectivity index (χ3n) is 3.94. The number of para-hydroxylation sites is 1. The molecular weight excluding hydrogens is 408 g/mol. The zero-order chi connectivity index (χ0) is 19.2. The van der Waals surface area contributed by atoms with Gasteiger partial charge < -0.3 is 11.1 Å². The van der Waals surface area contributed by atoms with E-state index in [2.05, 4.69) is 49.0 Å². The molecule has 0 bridgehead atoms. The van der Waals surface area contributed by atoms with Crippen molar-refractivity contribution in [1.29, 1.82) is 0 Å². The van der Waals surface area contributed by atoms with E-state index in [0.29, 0.717) is 22.9 Å². The van der Waals surface area contributed by atoms with Gasteiger partial charge in [-0.25, -0.2) is 9.97 Å². The van der Waals surface area contributed by atoms with E-state index < -0.39 is 0 Å². The summed E-state index contributed by atoms with van der Waals surface area (Å²) in [6.07, 6.45) is 2.25. The first-order valence-corrected chi connectivity index (χ1v) is 9.15. The zero-order valence-corrected chi connectivity index (χ0v) is 16.2. The lowest BCUT2D eigenvalue weighted by Gasteiger charge is -2.14. The van der Waals surface area contributed by atoms with Crippen molar-refractivity contribution in [3.05, 3.63) is 70.5 Å². The lowest BCUT2D eigenvalue weighted by Crippen LogP contribution is -2.30. The van der Waals surface area contributed by atoms with Gasteiger partial charge in [-0.15, -0.1) is 0 Å².